The Bertz CT molecular complexity index is 810. The maximum absolute atomic E-state index is 10.3. The predicted octanol–water partition coefficient (Wildman–Crippen LogP) is 3.13. The van der Waals surface area contributed by atoms with E-state index in [0.717, 1.165) is 24.9 Å². The van der Waals surface area contributed by atoms with E-state index < -0.39 is 6.10 Å². The molecule has 2 atom stereocenters. The van der Waals surface area contributed by atoms with Crippen molar-refractivity contribution in [1.82, 2.24) is 14.3 Å². The Morgan fingerprint density at radius 1 is 1.20 bits per heavy atom. The Morgan fingerprint density at radius 2 is 2.04 bits per heavy atom. The number of ether oxygens (including phenoxy) is 1. The van der Waals surface area contributed by atoms with Crippen molar-refractivity contribution >= 4 is 0 Å². The van der Waals surface area contributed by atoms with E-state index >= 15 is 0 Å². The van der Waals surface area contributed by atoms with E-state index in [1.54, 1.807) is 10.9 Å². The molecule has 0 spiro atoms. The monoisotopic (exact) mass is 337 g/mol. The lowest BCUT2D eigenvalue weighted by atomic mass is 9.89. The quantitative estimate of drug-likeness (QED) is 0.752. The molecule has 4 rings (SSSR count). The van der Waals surface area contributed by atoms with Gasteiger partial charge in [-0.05, 0) is 42.5 Å². The third-order valence-corrected chi connectivity index (χ3v) is 4.72. The average molecular weight is 337 g/mol. The zero-order valence-corrected chi connectivity index (χ0v) is 14.2. The lowest BCUT2D eigenvalue weighted by Gasteiger charge is -2.26. The van der Waals surface area contributed by atoms with Gasteiger partial charge in [0.1, 0.15) is 0 Å². The summed E-state index contributed by atoms with van der Waals surface area (Å²) in [6, 6.07) is 12.4. The number of aryl methyl sites for hydroxylation is 1. The molecule has 1 aliphatic carbocycles. The van der Waals surface area contributed by atoms with Gasteiger partial charge in [-0.15, -0.1) is 0 Å². The first-order valence-electron chi connectivity index (χ1n) is 8.83. The standard InChI is InChI=1S/C20H23N3O2/c24-18(14-23-13-17(12-21-23)22-10-3-4-11-22)15-25-20-9-5-7-16-6-1-2-8-19(16)20/h1-4,6,8,10-13,18,20,24H,5,7,9,14-15H2/t18-,20-/m1/s1. The lowest BCUT2D eigenvalue weighted by molar-refractivity contribution is -0.0235. The van der Waals surface area contributed by atoms with Crippen molar-refractivity contribution in [2.24, 2.45) is 0 Å². The van der Waals surface area contributed by atoms with Crippen LogP contribution >= 0.6 is 0 Å². The molecule has 0 fully saturated rings. The molecule has 0 saturated carbocycles. The fourth-order valence-electron chi connectivity index (χ4n) is 3.47. The maximum Gasteiger partial charge on any atom is 0.0969 e. The first-order valence-corrected chi connectivity index (χ1v) is 8.83. The molecule has 130 valence electrons. The number of aromatic nitrogens is 3. The fraction of sp³-hybridized carbons (Fsp3) is 0.350. The summed E-state index contributed by atoms with van der Waals surface area (Å²) in [5, 5.41) is 14.7. The minimum Gasteiger partial charge on any atom is -0.389 e. The van der Waals surface area contributed by atoms with Gasteiger partial charge in [-0.3, -0.25) is 4.68 Å². The van der Waals surface area contributed by atoms with E-state index in [9.17, 15) is 5.11 Å². The van der Waals surface area contributed by atoms with Crippen LogP contribution in [0, 0.1) is 0 Å². The molecule has 1 N–H and O–H groups in total. The smallest absolute Gasteiger partial charge is 0.0969 e. The van der Waals surface area contributed by atoms with Gasteiger partial charge in [0.25, 0.3) is 0 Å². The zero-order valence-electron chi connectivity index (χ0n) is 14.2. The minimum absolute atomic E-state index is 0.0904. The normalized spacial score (nSPS) is 18.0. The highest BCUT2D eigenvalue weighted by Crippen LogP contribution is 2.32. The first-order chi connectivity index (χ1) is 12.3. The number of aliphatic hydroxyl groups excluding tert-OH is 1. The molecule has 1 aromatic carbocycles. The van der Waals surface area contributed by atoms with Gasteiger partial charge in [-0.2, -0.15) is 5.10 Å². The number of fused-ring (bicyclic) bond motifs is 1. The molecule has 0 amide bonds. The van der Waals surface area contributed by atoms with Crippen molar-refractivity contribution in [1.29, 1.82) is 0 Å². The molecular weight excluding hydrogens is 314 g/mol. The molecule has 3 aromatic rings. The van der Waals surface area contributed by atoms with Gasteiger partial charge in [0.2, 0.25) is 0 Å². The molecule has 2 heterocycles. The highest BCUT2D eigenvalue weighted by molar-refractivity contribution is 5.31. The van der Waals surface area contributed by atoms with Crippen LogP contribution in [0.25, 0.3) is 5.69 Å². The Labute approximate surface area is 147 Å². The van der Waals surface area contributed by atoms with Crippen molar-refractivity contribution in [3.63, 3.8) is 0 Å². The molecule has 0 bridgehead atoms. The Kier molecular flexibility index (Phi) is 4.68. The summed E-state index contributed by atoms with van der Waals surface area (Å²) >= 11 is 0. The summed E-state index contributed by atoms with van der Waals surface area (Å²) < 4.78 is 9.78. The van der Waals surface area contributed by atoms with Crippen LogP contribution < -0.4 is 0 Å². The van der Waals surface area contributed by atoms with E-state index in [4.69, 9.17) is 4.74 Å². The van der Waals surface area contributed by atoms with Crippen LogP contribution in [0.5, 0.6) is 0 Å². The molecular formula is C20H23N3O2. The summed E-state index contributed by atoms with van der Waals surface area (Å²) in [7, 11) is 0. The van der Waals surface area contributed by atoms with Gasteiger partial charge >= 0.3 is 0 Å². The molecule has 2 aromatic heterocycles. The third-order valence-electron chi connectivity index (χ3n) is 4.72. The number of hydrogen-bond acceptors (Lipinski definition) is 3. The first kappa shape index (κ1) is 16.1. The van der Waals surface area contributed by atoms with Crippen molar-refractivity contribution in [3.05, 3.63) is 72.3 Å². The molecule has 0 unspecified atom stereocenters. The maximum atomic E-state index is 10.3. The molecule has 0 radical (unpaired) electrons. The van der Waals surface area contributed by atoms with Crippen LogP contribution in [0.2, 0.25) is 0 Å². The largest absolute Gasteiger partial charge is 0.389 e. The van der Waals surface area contributed by atoms with Crippen molar-refractivity contribution in [2.75, 3.05) is 6.61 Å². The predicted molar refractivity (Wildman–Crippen MR) is 95.6 cm³/mol. The summed E-state index contributed by atoms with van der Waals surface area (Å²) in [5.41, 5.74) is 3.63. The van der Waals surface area contributed by atoms with Gasteiger partial charge in [0.05, 0.1) is 37.2 Å². The van der Waals surface area contributed by atoms with E-state index in [-0.39, 0.29) is 6.10 Å². The van der Waals surface area contributed by atoms with Gasteiger partial charge in [0.15, 0.2) is 0 Å². The van der Waals surface area contributed by atoms with Crippen LogP contribution in [0.3, 0.4) is 0 Å². The van der Waals surface area contributed by atoms with Gasteiger partial charge in [-0.25, -0.2) is 0 Å². The molecule has 25 heavy (non-hydrogen) atoms. The topological polar surface area (TPSA) is 52.2 Å². The number of rotatable bonds is 6. The number of hydrogen-bond donors (Lipinski definition) is 1. The third kappa shape index (κ3) is 3.67. The Balaban J connectivity index is 1.33. The SMILES string of the molecule is O[C@@H](CO[C@@H]1CCCc2ccccc21)Cn1cc(-n2cccc2)cn1. The van der Waals surface area contributed by atoms with Crippen LogP contribution in [0.4, 0.5) is 0 Å². The minimum atomic E-state index is -0.577. The van der Waals surface area contributed by atoms with E-state index in [1.807, 2.05) is 35.3 Å². The fourth-order valence-corrected chi connectivity index (χ4v) is 3.47. The van der Waals surface area contributed by atoms with Gasteiger partial charge < -0.3 is 14.4 Å². The highest BCUT2D eigenvalue weighted by atomic mass is 16.5. The van der Waals surface area contributed by atoms with Gasteiger partial charge in [0, 0.05) is 18.6 Å². The number of aliphatic hydroxyl groups is 1. The van der Waals surface area contributed by atoms with E-state index in [0.29, 0.717) is 13.2 Å². The average Bonchev–Trinajstić information content (AvgIpc) is 3.31. The van der Waals surface area contributed by atoms with Crippen LogP contribution in [0.15, 0.2) is 61.2 Å². The summed E-state index contributed by atoms with van der Waals surface area (Å²) in [6.45, 7) is 0.743. The van der Waals surface area contributed by atoms with E-state index in [2.05, 4.69) is 29.4 Å². The zero-order chi connectivity index (χ0) is 17.1. The highest BCUT2D eigenvalue weighted by Gasteiger charge is 2.21. The number of nitrogens with zero attached hydrogens (tertiary/aromatic N) is 3. The molecule has 5 nitrogen and oxygen atoms in total. The summed E-state index contributed by atoms with van der Waals surface area (Å²) in [6.07, 6.45) is 10.5. The molecule has 0 aliphatic heterocycles. The second-order valence-electron chi connectivity index (χ2n) is 6.58. The van der Waals surface area contributed by atoms with Crippen molar-refractivity contribution in [3.8, 4) is 5.69 Å². The molecule has 0 saturated heterocycles. The second-order valence-corrected chi connectivity index (χ2v) is 6.58. The number of benzene rings is 1. The lowest BCUT2D eigenvalue weighted by Crippen LogP contribution is -2.24. The Morgan fingerprint density at radius 3 is 2.92 bits per heavy atom. The summed E-state index contributed by atoms with van der Waals surface area (Å²) in [5.74, 6) is 0. The Hall–Kier alpha value is -2.37. The van der Waals surface area contributed by atoms with Crippen LogP contribution in [-0.2, 0) is 17.7 Å². The molecule has 5 heteroatoms. The van der Waals surface area contributed by atoms with Crippen molar-refractivity contribution < 1.29 is 9.84 Å². The van der Waals surface area contributed by atoms with Crippen molar-refractivity contribution in [2.45, 2.75) is 38.0 Å². The second kappa shape index (κ2) is 7.25. The summed E-state index contributed by atoms with van der Waals surface area (Å²) in [4.78, 5) is 0. The molecule has 1 aliphatic rings. The van der Waals surface area contributed by atoms with Crippen LogP contribution in [-0.4, -0.2) is 32.2 Å². The van der Waals surface area contributed by atoms with Gasteiger partial charge in [-0.1, -0.05) is 24.3 Å². The van der Waals surface area contributed by atoms with Crippen LogP contribution in [0.1, 0.15) is 30.1 Å². The van der Waals surface area contributed by atoms with E-state index in [1.165, 1.54) is 11.1 Å².